The zero-order valence-electron chi connectivity index (χ0n) is 11.2. The van der Waals surface area contributed by atoms with Crippen LogP contribution in [-0.2, 0) is 16.1 Å². The lowest BCUT2D eigenvalue weighted by molar-refractivity contribution is -0.112. The van der Waals surface area contributed by atoms with Crippen LogP contribution in [0.25, 0.3) is 0 Å². The molecule has 0 spiro atoms. The standard InChI is InChI=1S/C14H16INO4/c1-16-6-10(5-11(16)14(15)17)18-7-9-2-3-12-13(4-9)20-8-19-12/h2-4,10-11H,5-8H2,1H3/t10-,11+/m1/s1. The Morgan fingerprint density at radius 3 is 3.00 bits per heavy atom. The van der Waals surface area contributed by atoms with Crippen LogP contribution in [0.2, 0.25) is 0 Å². The van der Waals surface area contributed by atoms with E-state index in [1.807, 2.05) is 47.8 Å². The highest BCUT2D eigenvalue weighted by molar-refractivity contribution is 14.1. The summed E-state index contributed by atoms with van der Waals surface area (Å²) in [6, 6.07) is 5.81. The molecule has 20 heavy (non-hydrogen) atoms. The highest BCUT2D eigenvalue weighted by Crippen LogP contribution is 2.33. The van der Waals surface area contributed by atoms with Gasteiger partial charge in [-0.05, 0) is 31.2 Å². The number of hydrogen-bond donors (Lipinski definition) is 0. The number of likely N-dealkylation sites (N-methyl/N-ethyl adjacent to an activating group) is 1. The van der Waals surface area contributed by atoms with Crippen LogP contribution in [0.4, 0.5) is 0 Å². The van der Waals surface area contributed by atoms with Crippen molar-refractivity contribution in [1.82, 2.24) is 4.90 Å². The van der Waals surface area contributed by atoms with Crippen LogP contribution in [0, 0.1) is 0 Å². The van der Waals surface area contributed by atoms with Gasteiger partial charge in [0.25, 0.3) is 0 Å². The minimum Gasteiger partial charge on any atom is -0.454 e. The Kier molecular flexibility index (Phi) is 4.13. The molecule has 2 aliphatic rings. The largest absolute Gasteiger partial charge is 0.454 e. The van der Waals surface area contributed by atoms with Crippen LogP contribution in [0.15, 0.2) is 18.2 Å². The second-order valence-electron chi connectivity index (χ2n) is 5.12. The summed E-state index contributed by atoms with van der Waals surface area (Å²) in [7, 11) is 1.96. The summed E-state index contributed by atoms with van der Waals surface area (Å²) in [5.41, 5.74) is 1.06. The lowest BCUT2D eigenvalue weighted by Crippen LogP contribution is -2.29. The van der Waals surface area contributed by atoms with Crippen molar-refractivity contribution < 1.29 is 19.0 Å². The number of carbonyl (C=O) groups excluding carboxylic acids is 1. The number of nitrogens with zero attached hydrogens (tertiary/aromatic N) is 1. The zero-order chi connectivity index (χ0) is 14.1. The number of benzene rings is 1. The SMILES string of the molecule is CN1C[C@H](OCc2ccc3c(c2)OCO3)C[C@H]1C(=O)I. The van der Waals surface area contributed by atoms with Crippen molar-refractivity contribution in [3.63, 3.8) is 0 Å². The van der Waals surface area contributed by atoms with E-state index in [2.05, 4.69) is 4.90 Å². The maximum Gasteiger partial charge on any atom is 0.231 e. The molecule has 3 rings (SSSR count). The van der Waals surface area contributed by atoms with E-state index in [1.54, 1.807) is 0 Å². The van der Waals surface area contributed by atoms with E-state index >= 15 is 0 Å². The third kappa shape index (κ3) is 2.91. The predicted molar refractivity (Wildman–Crippen MR) is 81.2 cm³/mol. The van der Waals surface area contributed by atoms with Gasteiger partial charge in [0.05, 0.1) is 18.8 Å². The van der Waals surface area contributed by atoms with Crippen LogP contribution >= 0.6 is 22.6 Å². The normalized spacial score (nSPS) is 25.1. The van der Waals surface area contributed by atoms with Crippen molar-refractivity contribution in [1.29, 1.82) is 0 Å². The van der Waals surface area contributed by atoms with E-state index in [1.165, 1.54) is 0 Å². The molecule has 0 unspecified atom stereocenters. The highest BCUT2D eigenvalue weighted by atomic mass is 127. The average Bonchev–Trinajstić information content (AvgIpc) is 3.01. The Balaban J connectivity index is 1.56. The van der Waals surface area contributed by atoms with Crippen LogP contribution in [-0.4, -0.2) is 41.2 Å². The van der Waals surface area contributed by atoms with Gasteiger partial charge in [0.2, 0.25) is 10.6 Å². The number of ether oxygens (including phenoxy) is 3. The highest BCUT2D eigenvalue weighted by Gasteiger charge is 2.33. The fourth-order valence-corrected chi connectivity index (χ4v) is 3.31. The minimum atomic E-state index is -0.0163. The van der Waals surface area contributed by atoms with E-state index in [0.29, 0.717) is 6.61 Å². The topological polar surface area (TPSA) is 48.0 Å². The fraction of sp³-hybridized carbons (Fsp3) is 0.500. The first-order valence-corrected chi connectivity index (χ1v) is 7.61. The van der Waals surface area contributed by atoms with Gasteiger partial charge in [-0.1, -0.05) is 6.07 Å². The molecule has 1 saturated heterocycles. The van der Waals surface area contributed by atoms with Gasteiger partial charge in [-0.3, -0.25) is 9.69 Å². The monoisotopic (exact) mass is 389 g/mol. The third-order valence-corrected chi connectivity index (χ3v) is 4.41. The first kappa shape index (κ1) is 14.1. The third-order valence-electron chi connectivity index (χ3n) is 3.69. The molecule has 0 amide bonds. The second kappa shape index (κ2) is 5.87. The molecule has 2 atom stereocenters. The van der Waals surface area contributed by atoms with Crippen molar-refractivity contribution in [2.24, 2.45) is 0 Å². The molecule has 0 aliphatic carbocycles. The predicted octanol–water partition coefficient (Wildman–Crippen LogP) is 1.97. The number of carbonyl (C=O) groups is 1. The molecular formula is C14H16INO4. The lowest BCUT2D eigenvalue weighted by Gasteiger charge is -2.13. The molecule has 2 heterocycles. The van der Waals surface area contributed by atoms with Crippen molar-refractivity contribution in [2.45, 2.75) is 25.2 Å². The molecule has 1 aromatic carbocycles. The molecule has 1 aromatic rings. The number of likely N-dealkylation sites (tertiary alicyclic amines) is 1. The first-order valence-electron chi connectivity index (χ1n) is 6.53. The maximum atomic E-state index is 11.5. The van der Waals surface area contributed by atoms with Gasteiger partial charge in [0.1, 0.15) is 0 Å². The van der Waals surface area contributed by atoms with Gasteiger partial charge >= 0.3 is 0 Å². The Hall–Kier alpha value is -0.860. The Morgan fingerprint density at radius 1 is 1.45 bits per heavy atom. The van der Waals surface area contributed by atoms with Crippen molar-refractivity contribution in [3.05, 3.63) is 23.8 Å². The molecule has 108 valence electrons. The molecular weight excluding hydrogens is 373 g/mol. The minimum absolute atomic E-state index is 0.0163. The Labute approximate surface area is 131 Å². The smallest absolute Gasteiger partial charge is 0.231 e. The van der Waals surface area contributed by atoms with Crippen LogP contribution in [0.3, 0.4) is 0 Å². The molecule has 0 aromatic heterocycles. The zero-order valence-corrected chi connectivity index (χ0v) is 13.3. The summed E-state index contributed by atoms with van der Waals surface area (Å²) in [4.78, 5) is 13.5. The summed E-state index contributed by atoms with van der Waals surface area (Å²) in [5, 5.41) is 0. The van der Waals surface area contributed by atoms with Crippen LogP contribution in [0.1, 0.15) is 12.0 Å². The number of hydrogen-bond acceptors (Lipinski definition) is 5. The van der Waals surface area contributed by atoms with E-state index < -0.39 is 0 Å². The van der Waals surface area contributed by atoms with Gasteiger partial charge in [-0.25, -0.2) is 0 Å². The number of halogens is 1. The van der Waals surface area contributed by atoms with Crippen molar-refractivity contribution in [2.75, 3.05) is 20.4 Å². The average molecular weight is 389 g/mol. The van der Waals surface area contributed by atoms with Crippen molar-refractivity contribution >= 4 is 26.4 Å². The van der Waals surface area contributed by atoms with E-state index in [9.17, 15) is 4.79 Å². The Bertz CT molecular complexity index is 522. The maximum absolute atomic E-state index is 11.5. The van der Waals surface area contributed by atoms with Gasteiger partial charge in [-0.15, -0.1) is 0 Å². The van der Waals surface area contributed by atoms with Crippen LogP contribution < -0.4 is 9.47 Å². The number of fused-ring (bicyclic) bond motifs is 1. The quantitative estimate of drug-likeness (QED) is 0.582. The summed E-state index contributed by atoms with van der Waals surface area (Å²) >= 11 is 1.86. The Morgan fingerprint density at radius 2 is 2.25 bits per heavy atom. The molecule has 0 N–H and O–H groups in total. The molecule has 5 nitrogen and oxygen atoms in total. The van der Waals surface area contributed by atoms with Gasteiger partial charge in [0.15, 0.2) is 11.5 Å². The summed E-state index contributed by atoms with van der Waals surface area (Å²) in [6.07, 6.45) is 0.872. The molecule has 0 saturated carbocycles. The number of rotatable bonds is 4. The lowest BCUT2D eigenvalue weighted by atomic mass is 10.2. The molecule has 2 aliphatic heterocycles. The molecule has 1 fully saturated rings. The van der Waals surface area contributed by atoms with E-state index in [0.717, 1.165) is 30.0 Å². The first-order chi connectivity index (χ1) is 9.63. The molecule has 0 radical (unpaired) electrons. The fourth-order valence-electron chi connectivity index (χ4n) is 2.58. The van der Waals surface area contributed by atoms with E-state index in [4.69, 9.17) is 14.2 Å². The molecule has 0 bridgehead atoms. The van der Waals surface area contributed by atoms with Crippen molar-refractivity contribution in [3.8, 4) is 11.5 Å². The summed E-state index contributed by atoms with van der Waals surface area (Å²) < 4.78 is 16.7. The van der Waals surface area contributed by atoms with Gasteiger partial charge in [0, 0.05) is 29.1 Å². The van der Waals surface area contributed by atoms with Gasteiger partial charge in [-0.2, -0.15) is 0 Å². The van der Waals surface area contributed by atoms with E-state index in [-0.39, 0.29) is 22.7 Å². The molecule has 6 heteroatoms. The summed E-state index contributed by atoms with van der Waals surface area (Å²) in [5.74, 6) is 1.56. The van der Waals surface area contributed by atoms with Gasteiger partial charge < -0.3 is 14.2 Å². The van der Waals surface area contributed by atoms with Crippen LogP contribution in [0.5, 0.6) is 11.5 Å². The second-order valence-corrected chi connectivity index (χ2v) is 6.18. The summed E-state index contributed by atoms with van der Waals surface area (Å²) in [6.45, 7) is 1.60.